The minimum absolute atomic E-state index is 0.0678. The van der Waals surface area contributed by atoms with Crippen molar-refractivity contribution >= 4 is 47.3 Å². The normalized spacial score (nSPS) is 20.4. The third-order valence-electron chi connectivity index (χ3n) is 6.26. The van der Waals surface area contributed by atoms with E-state index < -0.39 is 85.4 Å². The first-order valence-electron chi connectivity index (χ1n) is 14.3. The Morgan fingerprint density at radius 2 is 1.32 bits per heavy atom. The number of hydrogen-bond donors (Lipinski definition) is 8. The summed E-state index contributed by atoms with van der Waals surface area (Å²) in [4.78, 5) is 98.8. The molecule has 240 valence electrons. The van der Waals surface area contributed by atoms with E-state index in [0.29, 0.717) is 31.4 Å². The first kappa shape index (κ1) is 35.2. The molecule has 0 spiro atoms. The van der Waals surface area contributed by atoms with Crippen molar-refractivity contribution < 1.29 is 38.4 Å². The molecule has 1 aromatic rings. The Balaban J connectivity index is 2.15. The van der Waals surface area contributed by atoms with E-state index in [2.05, 4.69) is 42.5 Å². The molecule has 0 radical (unpaired) electrons. The van der Waals surface area contributed by atoms with Gasteiger partial charge in [0.05, 0.1) is 32.6 Å². The lowest BCUT2D eigenvalue weighted by Gasteiger charge is -2.20. The summed E-state index contributed by atoms with van der Waals surface area (Å²) in [6, 6.07) is 6.29. The fourth-order valence-corrected chi connectivity index (χ4v) is 3.99. The molecule has 0 unspecified atom stereocenters. The van der Waals surface area contributed by atoms with Crippen molar-refractivity contribution in [3.63, 3.8) is 0 Å². The lowest BCUT2D eigenvalue weighted by molar-refractivity contribution is -0.133. The van der Waals surface area contributed by atoms with Gasteiger partial charge in [-0.1, -0.05) is 30.3 Å². The summed E-state index contributed by atoms with van der Waals surface area (Å²) in [5, 5.41) is 19.7. The topological polar surface area (TPSA) is 233 Å². The van der Waals surface area contributed by atoms with Gasteiger partial charge in [-0.25, -0.2) is 0 Å². The minimum atomic E-state index is -1.36. The van der Waals surface area contributed by atoms with Crippen molar-refractivity contribution in [2.45, 2.75) is 51.1 Å². The highest BCUT2D eigenvalue weighted by molar-refractivity contribution is 5.96. The van der Waals surface area contributed by atoms with Gasteiger partial charge in [0.15, 0.2) is 0 Å². The van der Waals surface area contributed by atoms with E-state index in [1.165, 1.54) is 6.92 Å². The van der Waals surface area contributed by atoms with Crippen LogP contribution in [0.25, 0.3) is 0 Å². The van der Waals surface area contributed by atoms with Gasteiger partial charge in [-0.05, 0) is 24.8 Å². The van der Waals surface area contributed by atoms with Gasteiger partial charge in [0.2, 0.25) is 47.3 Å². The van der Waals surface area contributed by atoms with Crippen LogP contribution in [0, 0.1) is 0 Å². The van der Waals surface area contributed by atoms with Crippen molar-refractivity contribution in [2.24, 2.45) is 0 Å². The first-order chi connectivity index (χ1) is 21.0. The number of amides is 8. The highest BCUT2D eigenvalue weighted by Crippen LogP contribution is 2.04. The second kappa shape index (κ2) is 19.2. The van der Waals surface area contributed by atoms with E-state index in [-0.39, 0.29) is 19.5 Å². The molecule has 1 fully saturated rings. The SMILES string of the molecule is CC(=O)NCC(=O)N[C@H]1CC(=O)NCCCCCNC(=O)CNC(=O)CNC(=O)[C@@H](Cc2ccccc2)NC(=O)CNC1=O. The second-order valence-corrected chi connectivity index (χ2v) is 10.0. The highest BCUT2D eigenvalue weighted by atomic mass is 16.2. The number of hydrogen-bond acceptors (Lipinski definition) is 8. The molecule has 2 atom stereocenters. The maximum Gasteiger partial charge on any atom is 0.243 e. The Bertz CT molecular complexity index is 1190. The van der Waals surface area contributed by atoms with Crippen LogP contribution in [0.2, 0.25) is 0 Å². The van der Waals surface area contributed by atoms with E-state index >= 15 is 0 Å². The van der Waals surface area contributed by atoms with Crippen molar-refractivity contribution in [1.82, 2.24) is 42.5 Å². The standard InChI is InChI=1S/C28H40N8O8/c1-18(37)31-16-25(41)36-21-13-22(38)29-10-6-3-7-11-30-23(39)14-32-24(40)15-33-27(43)20(12-19-8-4-2-5-9-19)35-26(42)17-34-28(21)44/h2,4-5,8-9,20-21H,3,6-7,10-17H2,1H3,(H,29,38)(H,30,39)(H,31,37)(H,32,40)(H,33,43)(H,34,44)(H,35,42)(H,36,41)/t20-,21+/m1/s1. The van der Waals surface area contributed by atoms with E-state index in [9.17, 15) is 38.4 Å². The van der Waals surface area contributed by atoms with Crippen LogP contribution in [0.5, 0.6) is 0 Å². The maximum atomic E-state index is 12.9. The van der Waals surface area contributed by atoms with Crippen LogP contribution in [0.3, 0.4) is 0 Å². The maximum absolute atomic E-state index is 12.9. The van der Waals surface area contributed by atoms with Crippen molar-refractivity contribution in [3.05, 3.63) is 35.9 Å². The van der Waals surface area contributed by atoms with Crippen LogP contribution in [-0.4, -0.2) is 98.6 Å². The van der Waals surface area contributed by atoms with Crippen molar-refractivity contribution in [2.75, 3.05) is 39.3 Å². The Labute approximate surface area is 254 Å². The molecule has 0 bridgehead atoms. The monoisotopic (exact) mass is 616 g/mol. The predicted molar refractivity (Wildman–Crippen MR) is 156 cm³/mol. The van der Waals surface area contributed by atoms with Crippen molar-refractivity contribution in [3.8, 4) is 0 Å². The third kappa shape index (κ3) is 14.7. The second-order valence-electron chi connectivity index (χ2n) is 10.0. The molecule has 2 rings (SSSR count). The molecule has 1 aliphatic rings. The molecular weight excluding hydrogens is 576 g/mol. The summed E-state index contributed by atoms with van der Waals surface area (Å²) in [5.41, 5.74) is 0.712. The number of carbonyl (C=O) groups is 8. The zero-order valence-corrected chi connectivity index (χ0v) is 24.6. The van der Waals surface area contributed by atoms with Gasteiger partial charge in [0.1, 0.15) is 12.1 Å². The number of nitrogens with one attached hydrogen (secondary N) is 8. The molecule has 16 heteroatoms. The Hall–Kier alpha value is -5.02. The number of benzene rings is 1. The van der Waals surface area contributed by atoms with E-state index in [0.717, 1.165) is 0 Å². The summed E-state index contributed by atoms with van der Waals surface area (Å²) in [5.74, 6) is -4.99. The Morgan fingerprint density at radius 1 is 0.727 bits per heavy atom. The van der Waals surface area contributed by atoms with E-state index in [1.807, 2.05) is 0 Å². The molecule has 1 heterocycles. The summed E-state index contributed by atoms with van der Waals surface area (Å²) < 4.78 is 0. The fraction of sp³-hybridized carbons (Fsp3) is 0.500. The Kier molecular flexibility index (Phi) is 15.4. The quantitative estimate of drug-likeness (QED) is 0.165. The molecule has 44 heavy (non-hydrogen) atoms. The summed E-state index contributed by atoms with van der Waals surface area (Å²) in [6.45, 7) is 0.109. The lowest BCUT2D eigenvalue weighted by Crippen LogP contribution is -2.54. The molecule has 1 aromatic carbocycles. The van der Waals surface area contributed by atoms with Gasteiger partial charge < -0.3 is 42.5 Å². The molecule has 0 saturated carbocycles. The Morgan fingerprint density at radius 3 is 2.00 bits per heavy atom. The van der Waals surface area contributed by atoms with Crippen LogP contribution >= 0.6 is 0 Å². The zero-order valence-electron chi connectivity index (χ0n) is 24.6. The van der Waals surface area contributed by atoms with Crippen LogP contribution in [0.15, 0.2) is 30.3 Å². The lowest BCUT2D eigenvalue weighted by atomic mass is 10.1. The smallest absolute Gasteiger partial charge is 0.243 e. The molecular formula is C28H40N8O8. The molecule has 8 N–H and O–H groups in total. The van der Waals surface area contributed by atoms with Crippen LogP contribution in [0.4, 0.5) is 0 Å². The molecule has 1 saturated heterocycles. The van der Waals surface area contributed by atoms with Crippen LogP contribution in [0.1, 0.15) is 38.2 Å². The average Bonchev–Trinajstić information content (AvgIpc) is 2.99. The summed E-state index contributed by atoms with van der Waals surface area (Å²) in [6.07, 6.45) is 1.48. The van der Waals surface area contributed by atoms with E-state index in [4.69, 9.17) is 0 Å². The zero-order chi connectivity index (χ0) is 32.3. The first-order valence-corrected chi connectivity index (χ1v) is 14.3. The average molecular weight is 617 g/mol. The van der Waals surface area contributed by atoms with Gasteiger partial charge >= 0.3 is 0 Å². The number of carbonyl (C=O) groups excluding carboxylic acids is 8. The largest absolute Gasteiger partial charge is 0.356 e. The summed E-state index contributed by atoms with van der Waals surface area (Å²) >= 11 is 0. The van der Waals surface area contributed by atoms with Gasteiger partial charge in [-0.2, -0.15) is 0 Å². The number of rotatable bonds is 5. The van der Waals surface area contributed by atoms with Crippen LogP contribution < -0.4 is 42.5 Å². The predicted octanol–water partition coefficient (Wildman–Crippen LogP) is -3.51. The van der Waals surface area contributed by atoms with Gasteiger partial charge in [-0.3, -0.25) is 38.4 Å². The van der Waals surface area contributed by atoms with Gasteiger partial charge in [0, 0.05) is 26.4 Å². The highest BCUT2D eigenvalue weighted by Gasteiger charge is 2.26. The minimum Gasteiger partial charge on any atom is -0.356 e. The molecule has 8 amide bonds. The molecule has 0 aromatic heterocycles. The van der Waals surface area contributed by atoms with Crippen LogP contribution in [-0.2, 0) is 44.8 Å². The van der Waals surface area contributed by atoms with Gasteiger partial charge in [0.25, 0.3) is 0 Å². The van der Waals surface area contributed by atoms with E-state index in [1.54, 1.807) is 30.3 Å². The third-order valence-corrected chi connectivity index (χ3v) is 6.26. The molecule has 0 aliphatic carbocycles. The van der Waals surface area contributed by atoms with Gasteiger partial charge in [-0.15, -0.1) is 0 Å². The molecule has 1 aliphatic heterocycles. The molecule has 16 nitrogen and oxygen atoms in total. The van der Waals surface area contributed by atoms with Crippen molar-refractivity contribution in [1.29, 1.82) is 0 Å². The summed E-state index contributed by atoms with van der Waals surface area (Å²) in [7, 11) is 0. The fourth-order valence-electron chi connectivity index (χ4n) is 3.99.